The Morgan fingerprint density at radius 2 is 2.13 bits per heavy atom. The van der Waals surface area contributed by atoms with Crippen LogP contribution in [0.5, 0.6) is 0 Å². The molecular formula is C28H34N4O4S2. The number of benzene rings is 1. The summed E-state index contributed by atoms with van der Waals surface area (Å²) in [6, 6.07) is 8.19. The van der Waals surface area contributed by atoms with E-state index in [1.165, 1.54) is 5.56 Å². The molecule has 1 unspecified atom stereocenters. The second kappa shape index (κ2) is 11.8. The molecule has 0 spiro atoms. The fourth-order valence-electron chi connectivity index (χ4n) is 5.28. The van der Waals surface area contributed by atoms with Crippen LogP contribution in [0, 0.1) is 11.3 Å². The highest BCUT2D eigenvalue weighted by molar-refractivity contribution is 7.89. The Bertz CT molecular complexity index is 1370. The maximum absolute atomic E-state index is 12.9. The van der Waals surface area contributed by atoms with Crippen molar-refractivity contribution < 1.29 is 17.9 Å². The number of aromatic nitrogens is 1. The van der Waals surface area contributed by atoms with E-state index in [0.29, 0.717) is 31.8 Å². The van der Waals surface area contributed by atoms with Crippen LogP contribution >= 0.6 is 11.3 Å². The first-order valence-corrected chi connectivity index (χ1v) is 15.7. The van der Waals surface area contributed by atoms with Gasteiger partial charge in [0.25, 0.3) is 0 Å². The van der Waals surface area contributed by atoms with Gasteiger partial charge in [-0.2, -0.15) is 5.26 Å². The summed E-state index contributed by atoms with van der Waals surface area (Å²) >= 11 is 1.60. The maximum Gasteiger partial charge on any atom is 0.213 e. The number of sulfonamides is 1. The van der Waals surface area contributed by atoms with Crippen LogP contribution in [0.15, 0.2) is 42.1 Å². The first kappa shape index (κ1) is 27.2. The zero-order chi connectivity index (χ0) is 26.7. The van der Waals surface area contributed by atoms with Crippen molar-refractivity contribution in [3.8, 4) is 16.5 Å². The van der Waals surface area contributed by atoms with Gasteiger partial charge in [0, 0.05) is 37.4 Å². The minimum atomic E-state index is -3.41. The number of hydrogen-bond acceptors (Lipinski definition) is 8. The SMILES string of the molecule is CC(C)OC1CC=C(c2ncc(-c3cccc4c3CC[C@@H]4NS(=O)(=O)CCN3CCOCC3)s2)C=C1C#N. The van der Waals surface area contributed by atoms with Crippen molar-refractivity contribution in [1.82, 2.24) is 14.6 Å². The Labute approximate surface area is 229 Å². The molecule has 0 amide bonds. The number of allylic oxidation sites excluding steroid dienone is 2. The summed E-state index contributed by atoms with van der Waals surface area (Å²) in [7, 11) is -3.41. The van der Waals surface area contributed by atoms with E-state index in [2.05, 4.69) is 32.8 Å². The number of nitriles is 1. The molecule has 0 radical (unpaired) electrons. The zero-order valence-corrected chi connectivity index (χ0v) is 23.5. The third-order valence-corrected chi connectivity index (χ3v) is 9.61. The molecule has 2 aliphatic carbocycles. The lowest BCUT2D eigenvalue weighted by atomic mass is 9.97. The highest BCUT2D eigenvalue weighted by atomic mass is 32.2. The number of hydrogen-bond donors (Lipinski definition) is 1. The molecule has 0 saturated carbocycles. The van der Waals surface area contributed by atoms with Crippen LogP contribution in [0.1, 0.15) is 48.9 Å². The lowest BCUT2D eigenvalue weighted by Gasteiger charge is -2.26. The molecular weight excluding hydrogens is 520 g/mol. The Morgan fingerprint density at radius 3 is 2.89 bits per heavy atom. The summed E-state index contributed by atoms with van der Waals surface area (Å²) in [5, 5.41) is 10.5. The van der Waals surface area contributed by atoms with Crippen molar-refractivity contribution in [3.63, 3.8) is 0 Å². The van der Waals surface area contributed by atoms with Crippen LogP contribution in [0.4, 0.5) is 0 Å². The van der Waals surface area contributed by atoms with E-state index >= 15 is 0 Å². The van der Waals surface area contributed by atoms with Gasteiger partial charge in [-0.25, -0.2) is 18.1 Å². The minimum Gasteiger partial charge on any atom is -0.379 e. The molecule has 0 bridgehead atoms. The van der Waals surface area contributed by atoms with Crippen LogP contribution in [0.25, 0.3) is 16.0 Å². The molecule has 2 atom stereocenters. The van der Waals surface area contributed by atoms with E-state index in [1.807, 2.05) is 38.3 Å². The number of morpholine rings is 1. The molecule has 1 aliphatic heterocycles. The van der Waals surface area contributed by atoms with Crippen LogP contribution < -0.4 is 4.72 Å². The van der Waals surface area contributed by atoms with Crippen LogP contribution in [0.3, 0.4) is 0 Å². The van der Waals surface area contributed by atoms with E-state index in [4.69, 9.17) is 9.47 Å². The zero-order valence-electron chi connectivity index (χ0n) is 21.9. The molecule has 1 aromatic carbocycles. The van der Waals surface area contributed by atoms with Gasteiger partial charge in [0.2, 0.25) is 10.0 Å². The summed E-state index contributed by atoms with van der Waals surface area (Å²) in [4.78, 5) is 7.85. The second-order valence-corrected chi connectivity index (χ2v) is 13.1. The first-order valence-electron chi connectivity index (χ1n) is 13.2. The lowest BCUT2D eigenvalue weighted by Crippen LogP contribution is -2.41. The quantitative estimate of drug-likeness (QED) is 0.498. The molecule has 2 aromatic rings. The van der Waals surface area contributed by atoms with Gasteiger partial charge in [0.15, 0.2) is 0 Å². The van der Waals surface area contributed by atoms with Gasteiger partial charge < -0.3 is 9.47 Å². The number of nitrogens with one attached hydrogen (secondary N) is 1. The molecule has 1 N–H and O–H groups in total. The highest BCUT2D eigenvalue weighted by Gasteiger charge is 2.29. The van der Waals surface area contributed by atoms with Crippen molar-refractivity contribution >= 4 is 26.9 Å². The first-order chi connectivity index (χ1) is 18.3. The molecule has 1 fully saturated rings. The standard InChI is InChI=1S/C28H34N4O4S2/c1-19(2)36-26-9-6-20(16-21(26)17-29)28-30-18-27(37-28)24-5-3-4-23-22(24)7-8-25(23)31-38(33,34)15-12-32-10-13-35-14-11-32/h3-6,16,18-19,25-26,31H,7-15H2,1-2H3/t25-,26?/m0/s1. The molecule has 38 heavy (non-hydrogen) atoms. The number of nitrogens with zero attached hydrogens (tertiary/aromatic N) is 3. The largest absolute Gasteiger partial charge is 0.379 e. The van der Waals surface area contributed by atoms with Crippen LogP contribution in [-0.2, 0) is 25.9 Å². The Balaban J connectivity index is 1.29. The molecule has 1 aromatic heterocycles. The van der Waals surface area contributed by atoms with E-state index < -0.39 is 10.0 Å². The monoisotopic (exact) mass is 554 g/mol. The molecule has 10 heteroatoms. The molecule has 2 heterocycles. The van der Waals surface area contributed by atoms with Gasteiger partial charge in [-0.3, -0.25) is 4.90 Å². The average molecular weight is 555 g/mol. The van der Waals surface area contributed by atoms with Gasteiger partial charge in [0.05, 0.1) is 47.7 Å². The van der Waals surface area contributed by atoms with Crippen molar-refractivity contribution in [2.75, 3.05) is 38.6 Å². The van der Waals surface area contributed by atoms with Crippen molar-refractivity contribution in [3.05, 3.63) is 58.3 Å². The summed E-state index contributed by atoms with van der Waals surface area (Å²) in [5.41, 5.74) is 4.89. The molecule has 202 valence electrons. The van der Waals surface area contributed by atoms with E-state index in [0.717, 1.165) is 52.5 Å². The van der Waals surface area contributed by atoms with Gasteiger partial charge in [-0.15, -0.1) is 11.3 Å². The van der Waals surface area contributed by atoms with Gasteiger partial charge in [-0.1, -0.05) is 24.3 Å². The summed E-state index contributed by atoms with van der Waals surface area (Å²) in [6.45, 7) is 7.33. The van der Waals surface area contributed by atoms with Crippen LogP contribution in [-0.4, -0.2) is 69.1 Å². The second-order valence-electron chi connectivity index (χ2n) is 10.2. The Hall–Kier alpha value is -2.39. The average Bonchev–Trinajstić information content (AvgIpc) is 3.56. The lowest BCUT2D eigenvalue weighted by molar-refractivity contribution is 0.0327. The summed E-state index contributed by atoms with van der Waals surface area (Å²) in [5.74, 6) is 0.0904. The van der Waals surface area contributed by atoms with Crippen molar-refractivity contribution in [1.29, 1.82) is 5.26 Å². The fraction of sp³-hybridized carbons (Fsp3) is 0.500. The Kier molecular flexibility index (Phi) is 8.43. The molecule has 8 nitrogen and oxygen atoms in total. The van der Waals surface area contributed by atoms with E-state index in [9.17, 15) is 13.7 Å². The minimum absolute atomic E-state index is 0.0522. The number of thiazole rings is 1. The maximum atomic E-state index is 12.9. The topological polar surface area (TPSA) is 105 Å². The number of ether oxygens (including phenoxy) is 2. The third-order valence-electron chi connectivity index (χ3n) is 7.17. The number of fused-ring (bicyclic) bond motifs is 1. The number of rotatable bonds is 9. The predicted molar refractivity (Wildman–Crippen MR) is 149 cm³/mol. The summed E-state index contributed by atoms with van der Waals surface area (Å²) < 4.78 is 40.0. The van der Waals surface area contributed by atoms with Crippen molar-refractivity contribution in [2.45, 2.75) is 51.4 Å². The fourth-order valence-corrected chi connectivity index (χ4v) is 7.56. The molecule has 5 rings (SSSR count). The van der Waals surface area contributed by atoms with E-state index in [1.54, 1.807) is 11.3 Å². The molecule has 1 saturated heterocycles. The Morgan fingerprint density at radius 1 is 1.32 bits per heavy atom. The highest BCUT2D eigenvalue weighted by Crippen LogP contribution is 2.41. The van der Waals surface area contributed by atoms with Gasteiger partial charge >= 0.3 is 0 Å². The van der Waals surface area contributed by atoms with Crippen molar-refractivity contribution in [2.24, 2.45) is 0 Å². The van der Waals surface area contributed by atoms with Crippen LogP contribution in [0.2, 0.25) is 0 Å². The molecule has 3 aliphatic rings. The predicted octanol–water partition coefficient (Wildman–Crippen LogP) is 4.08. The summed E-state index contributed by atoms with van der Waals surface area (Å²) in [6.07, 6.45) is 7.90. The third kappa shape index (κ3) is 6.25. The van der Waals surface area contributed by atoms with Gasteiger partial charge in [0.1, 0.15) is 5.01 Å². The van der Waals surface area contributed by atoms with E-state index in [-0.39, 0.29) is 24.0 Å². The smallest absolute Gasteiger partial charge is 0.213 e. The van der Waals surface area contributed by atoms with Gasteiger partial charge in [-0.05, 0) is 55.9 Å². The normalized spacial score (nSPS) is 22.2.